The van der Waals surface area contributed by atoms with Crippen molar-refractivity contribution in [2.24, 2.45) is 0 Å². The Hall–Kier alpha value is -2.64. The first-order valence-corrected chi connectivity index (χ1v) is 11.1. The first kappa shape index (κ1) is 25.6. The second-order valence-corrected chi connectivity index (χ2v) is 8.91. The number of hydrogen-bond acceptors (Lipinski definition) is 7. The number of nitrogens with one attached hydrogen (secondary N) is 1. The monoisotopic (exact) mass is 479 g/mol. The van der Waals surface area contributed by atoms with Crippen LogP contribution < -0.4 is 5.32 Å². The standard InChI is InChI=1S/C19H24F3N3O6S/c1-4-24(5-2)32(29,30)14-7-8-15(16(12-14)25(27)28)23-11-10-18(26,19(20,21)22)17-9-6-13(3)31-17/h6-9,12,23,26H,4-5,10-11H2,1-3H3/t18-/m0/s1. The average Bonchev–Trinajstić information content (AvgIpc) is 3.14. The van der Waals surface area contributed by atoms with Crippen LogP contribution in [0.1, 0.15) is 31.8 Å². The lowest BCUT2D eigenvalue weighted by molar-refractivity contribution is -0.384. The van der Waals surface area contributed by atoms with Crippen molar-refractivity contribution in [1.82, 2.24) is 4.31 Å². The number of nitro benzene ring substituents is 1. The zero-order valence-corrected chi connectivity index (χ0v) is 18.5. The molecule has 9 nitrogen and oxygen atoms in total. The van der Waals surface area contributed by atoms with E-state index in [1.54, 1.807) is 13.8 Å². The molecule has 2 aromatic rings. The van der Waals surface area contributed by atoms with Gasteiger partial charge in [0.1, 0.15) is 17.2 Å². The lowest BCUT2D eigenvalue weighted by Gasteiger charge is -2.28. The number of hydrogen-bond donors (Lipinski definition) is 2. The van der Waals surface area contributed by atoms with Crippen LogP contribution in [0.25, 0.3) is 0 Å². The van der Waals surface area contributed by atoms with E-state index < -0.39 is 51.1 Å². The normalized spacial score (nSPS) is 14.4. The zero-order chi connectivity index (χ0) is 24.3. The van der Waals surface area contributed by atoms with Crippen molar-refractivity contribution in [2.75, 3.05) is 25.0 Å². The fourth-order valence-corrected chi connectivity index (χ4v) is 4.60. The molecule has 0 aliphatic heterocycles. The summed E-state index contributed by atoms with van der Waals surface area (Å²) in [7, 11) is -3.97. The van der Waals surface area contributed by atoms with Crippen LogP contribution in [0.3, 0.4) is 0 Å². The number of alkyl halides is 3. The maximum absolute atomic E-state index is 13.5. The van der Waals surface area contributed by atoms with Gasteiger partial charge in [0.15, 0.2) is 0 Å². The molecule has 1 aromatic carbocycles. The first-order valence-electron chi connectivity index (χ1n) is 9.66. The van der Waals surface area contributed by atoms with Crippen LogP contribution in [0.4, 0.5) is 24.5 Å². The van der Waals surface area contributed by atoms with Gasteiger partial charge in [-0.25, -0.2) is 8.42 Å². The molecule has 0 saturated carbocycles. The minimum atomic E-state index is -5.06. The second kappa shape index (κ2) is 9.46. The third kappa shape index (κ3) is 5.05. The quantitative estimate of drug-likeness (QED) is 0.392. The van der Waals surface area contributed by atoms with Crippen LogP contribution in [0.2, 0.25) is 0 Å². The highest BCUT2D eigenvalue weighted by atomic mass is 32.2. The maximum Gasteiger partial charge on any atom is 0.424 e. The van der Waals surface area contributed by atoms with Gasteiger partial charge in [-0.2, -0.15) is 17.5 Å². The van der Waals surface area contributed by atoms with Gasteiger partial charge in [0, 0.05) is 32.1 Å². The number of benzene rings is 1. The lowest BCUT2D eigenvalue weighted by Crippen LogP contribution is -2.43. The van der Waals surface area contributed by atoms with Gasteiger partial charge in [-0.15, -0.1) is 0 Å². The Balaban J connectivity index is 2.30. The SMILES string of the molecule is CCN(CC)S(=O)(=O)c1ccc(NCC[C@](O)(c2ccc(C)o2)C(F)(F)F)c([N+](=O)[O-])c1. The van der Waals surface area contributed by atoms with Crippen molar-refractivity contribution in [1.29, 1.82) is 0 Å². The molecule has 0 unspecified atom stereocenters. The molecule has 1 atom stereocenters. The summed E-state index contributed by atoms with van der Waals surface area (Å²) in [6.07, 6.45) is -5.97. The highest BCUT2D eigenvalue weighted by molar-refractivity contribution is 7.89. The van der Waals surface area contributed by atoms with Crippen molar-refractivity contribution in [3.05, 3.63) is 52.0 Å². The topological polar surface area (TPSA) is 126 Å². The molecule has 0 fully saturated rings. The van der Waals surface area contributed by atoms with Gasteiger partial charge in [-0.05, 0) is 31.2 Å². The summed E-state index contributed by atoms with van der Waals surface area (Å²) >= 11 is 0. The van der Waals surface area contributed by atoms with Gasteiger partial charge < -0.3 is 14.8 Å². The molecule has 0 saturated heterocycles. The largest absolute Gasteiger partial charge is 0.463 e. The highest BCUT2D eigenvalue weighted by Crippen LogP contribution is 2.42. The van der Waals surface area contributed by atoms with E-state index in [2.05, 4.69) is 5.32 Å². The molecule has 1 aromatic heterocycles. The molecule has 0 spiro atoms. The van der Waals surface area contributed by atoms with Gasteiger partial charge in [0.05, 0.1) is 9.82 Å². The molecule has 0 bridgehead atoms. The number of nitro groups is 1. The molecule has 2 rings (SSSR count). The number of anilines is 1. The number of furan rings is 1. The van der Waals surface area contributed by atoms with E-state index in [-0.39, 0.29) is 29.4 Å². The Morgan fingerprint density at radius 3 is 2.28 bits per heavy atom. The van der Waals surface area contributed by atoms with E-state index >= 15 is 0 Å². The van der Waals surface area contributed by atoms with Crippen LogP contribution in [0.5, 0.6) is 0 Å². The van der Waals surface area contributed by atoms with Crippen molar-refractivity contribution < 1.29 is 36.0 Å². The Kier molecular flexibility index (Phi) is 7.58. The van der Waals surface area contributed by atoms with Gasteiger partial charge in [-0.1, -0.05) is 13.8 Å². The van der Waals surface area contributed by atoms with Gasteiger partial charge in [0.2, 0.25) is 15.6 Å². The molecule has 0 amide bonds. The Morgan fingerprint density at radius 1 is 1.19 bits per heavy atom. The van der Waals surface area contributed by atoms with E-state index in [0.29, 0.717) is 0 Å². The number of aliphatic hydroxyl groups is 1. The van der Waals surface area contributed by atoms with E-state index in [0.717, 1.165) is 28.6 Å². The molecular formula is C19H24F3N3O6S. The third-order valence-corrected chi connectivity index (χ3v) is 6.97. The van der Waals surface area contributed by atoms with Crippen molar-refractivity contribution in [2.45, 2.75) is 43.9 Å². The van der Waals surface area contributed by atoms with Crippen molar-refractivity contribution >= 4 is 21.4 Å². The van der Waals surface area contributed by atoms with E-state index in [4.69, 9.17) is 4.42 Å². The summed E-state index contributed by atoms with van der Waals surface area (Å²) in [6, 6.07) is 5.38. The molecule has 2 N–H and O–H groups in total. The summed E-state index contributed by atoms with van der Waals surface area (Å²) < 4.78 is 71.9. The Bertz CT molecular complexity index is 1070. The first-order chi connectivity index (χ1) is 14.8. The van der Waals surface area contributed by atoms with Crippen LogP contribution in [-0.2, 0) is 15.6 Å². The Labute approximate surface area is 183 Å². The molecule has 1 heterocycles. The van der Waals surface area contributed by atoms with Gasteiger partial charge in [0.25, 0.3) is 5.69 Å². The lowest BCUT2D eigenvalue weighted by atomic mass is 9.95. The third-order valence-electron chi connectivity index (χ3n) is 4.93. The zero-order valence-electron chi connectivity index (χ0n) is 17.6. The Morgan fingerprint density at radius 2 is 1.81 bits per heavy atom. The maximum atomic E-state index is 13.5. The summed E-state index contributed by atoms with van der Waals surface area (Å²) in [5.41, 5.74) is -4.12. The minimum absolute atomic E-state index is 0.162. The van der Waals surface area contributed by atoms with Crippen LogP contribution in [-0.4, -0.2) is 48.6 Å². The number of sulfonamides is 1. The average molecular weight is 479 g/mol. The van der Waals surface area contributed by atoms with Crippen LogP contribution in [0.15, 0.2) is 39.6 Å². The summed E-state index contributed by atoms with van der Waals surface area (Å²) in [4.78, 5) is 10.3. The molecule has 13 heteroatoms. The number of rotatable bonds is 10. The molecule has 0 aliphatic carbocycles. The van der Waals surface area contributed by atoms with E-state index in [9.17, 15) is 36.8 Å². The van der Waals surface area contributed by atoms with E-state index in [1.165, 1.54) is 13.0 Å². The second-order valence-electron chi connectivity index (χ2n) is 6.97. The fraction of sp³-hybridized carbons (Fsp3) is 0.474. The van der Waals surface area contributed by atoms with Crippen LogP contribution >= 0.6 is 0 Å². The highest BCUT2D eigenvalue weighted by Gasteiger charge is 2.56. The predicted octanol–water partition coefficient (Wildman–Crippen LogP) is 3.78. The molecular weight excluding hydrogens is 455 g/mol. The van der Waals surface area contributed by atoms with Crippen molar-refractivity contribution in [3.63, 3.8) is 0 Å². The predicted molar refractivity (Wildman–Crippen MR) is 110 cm³/mol. The van der Waals surface area contributed by atoms with Crippen molar-refractivity contribution in [3.8, 4) is 0 Å². The molecule has 32 heavy (non-hydrogen) atoms. The molecule has 178 valence electrons. The number of nitrogens with zero attached hydrogens (tertiary/aromatic N) is 2. The minimum Gasteiger partial charge on any atom is -0.463 e. The van der Waals surface area contributed by atoms with Gasteiger partial charge in [-0.3, -0.25) is 10.1 Å². The molecule has 0 radical (unpaired) electrons. The summed E-state index contributed by atoms with van der Waals surface area (Å²) in [5, 5.41) is 24.2. The van der Waals surface area contributed by atoms with Crippen LogP contribution in [0, 0.1) is 17.0 Å². The van der Waals surface area contributed by atoms with E-state index in [1.807, 2.05) is 0 Å². The molecule has 0 aliphatic rings. The fourth-order valence-electron chi connectivity index (χ4n) is 3.12. The summed E-state index contributed by atoms with van der Waals surface area (Å²) in [6.45, 7) is 4.47. The summed E-state index contributed by atoms with van der Waals surface area (Å²) in [5.74, 6) is -0.518. The smallest absolute Gasteiger partial charge is 0.424 e. The number of halogens is 3. The van der Waals surface area contributed by atoms with Gasteiger partial charge >= 0.3 is 6.18 Å². The number of aryl methyl sites for hydroxylation is 1.